The topological polar surface area (TPSA) is 37.4 Å². The number of nitrogens with zero attached hydrogens (tertiary/aromatic N) is 1. The van der Waals surface area contributed by atoms with Gasteiger partial charge in [0.2, 0.25) is 0 Å². The molecule has 1 amide bonds. The fraction of sp³-hybridized carbons (Fsp3) is 0.222. The van der Waals surface area contributed by atoms with Crippen molar-refractivity contribution < 1.29 is 9.59 Å². The molecule has 3 heteroatoms. The number of Topliss-reactive ketones (excluding diaryl/α,β-unsaturated/α-hetero) is 1. The lowest BCUT2D eigenvalue weighted by molar-refractivity contribution is 0.0780. The van der Waals surface area contributed by atoms with Crippen LogP contribution in [0.5, 0.6) is 0 Å². The van der Waals surface area contributed by atoms with Gasteiger partial charge in [0, 0.05) is 30.1 Å². The van der Waals surface area contributed by atoms with Crippen molar-refractivity contribution in [3.8, 4) is 0 Å². The molecular formula is C18H17NO2. The Morgan fingerprint density at radius 1 is 0.857 bits per heavy atom. The summed E-state index contributed by atoms with van der Waals surface area (Å²) in [5.74, 6) is 0.0676. The van der Waals surface area contributed by atoms with Gasteiger partial charge in [-0.3, -0.25) is 9.59 Å². The fourth-order valence-corrected chi connectivity index (χ4v) is 2.76. The van der Waals surface area contributed by atoms with E-state index in [9.17, 15) is 9.59 Å². The third-order valence-corrected chi connectivity index (χ3v) is 3.93. The molecule has 3 nitrogen and oxygen atoms in total. The minimum atomic E-state index is -0.0833. The summed E-state index contributed by atoms with van der Waals surface area (Å²) in [5.41, 5.74) is 1.42. The van der Waals surface area contributed by atoms with Gasteiger partial charge in [-0.05, 0) is 18.6 Å². The molecule has 0 bridgehead atoms. The second-order valence-electron chi connectivity index (χ2n) is 5.33. The maximum Gasteiger partial charge on any atom is 0.253 e. The molecule has 1 fully saturated rings. The predicted molar refractivity (Wildman–Crippen MR) is 81.2 cm³/mol. The van der Waals surface area contributed by atoms with Crippen molar-refractivity contribution in [3.05, 3.63) is 71.8 Å². The molecule has 106 valence electrons. The number of hydrogen-bond acceptors (Lipinski definition) is 2. The van der Waals surface area contributed by atoms with Crippen molar-refractivity contribution in [2.75, 3.05) is 13.1 Å². The summed E-state index contributed by atoms with van der Waals surface area (Å²) in [5, 5.41) is 0. The van der Waals surface area contributed by atoms with Crippen LogP contribution in [0.2, 0.25) is 0 Å². The van der Waals surface area contributed by atoms with Crippen LogP contribution < -0.4 is 0 Å². The first kappa shape index (κ1) is 13.6. The second kappa shape index (κ2) is 5.92. The largest absolute Gasteiger partial charge is 0.338 e. The fourth-order valence-electron chi connectivity index (χ4n) is 2.76. The molecule has 2 aromatic carbocycles. The predicted octanol–water partition coefficient (Wildman–Crippen LogP) is 3.03. The van der Waals surface area contributed by atoms with Gasteiger partial charge in [0.05, 0.1) is 0 Å². The van der Waals surface area contributed by atoms with E-state index in [0.717, 1.165) is 12.0 Å². The molecular weight excluding hydrogens is 262 g/mol. The minimum Gasteiger partial charge on any atom is -0.338 e. The number of carbonyl (C=O) groups is 2. The second-order valence-corrected chi connectivity index (χ2v) is 5.33. The van der Waals surface area contributed by atoms with Gasteiger partial charge in [0.1, 0.15) is 0 Å². The van der Waals surface area contributed by atoms with Crippen LogP contribution in [0, 0.1) is 5.92 Å². The molecule has 0 aliphatic carbocycles. The van der Waals surface area contributed by atoms with Crippen molar-refractivity contribution in [1.82, 2.24) is 4.90 Å². The Hall–Kier alpha value is -2.42. The van der Waals surface area contributed by atoms with Crippen LogP contribution in [0.1, 0.15) is 27.1 Å². The highest BCUT2D eigenvalue weighted by Crippen LogP contribution is 2.22. The van der Waals surface area contributed by atoms with Gasteiger partial charge in [-0.1, -0.05) is 48.5 Å². The summed E-state index contributed by atoms with van der Waals surface area (Å²) in [4.78, 5) is 26.6. The van der Waals surface area contributed by atoms with E-state index in [2.05, 4.69) is 0 Å². The van der Waals surface area contributed by atoms with Gasteiger partial charge < -0.3 is 4.90 Å². The number of ketones is 1. The smallest absolute Gasteiger partial charge is 0.253 e. The monoisotopic (exact) mass is 279 g/mol. The van der Waals surface area contributed by atoms with E-state index in [4.69, 9.17) is 0 Å². The molecule has 1 aliphatic rings. The molecule has 1 atom stereocenters. The van der Waals surface area contributed by atoms with Crippen molar-refractivity contribution in [1.29, 1.82) is 0 Å². The van der Waals surface area contributed by atoms with Crippen LogP contribution >= 0.6 is 0 Å². The van der Waals surface area contributed by atoms with Crippen LogP contribution in [0.25, 0.3) is 0 Å². The molecule has 21 heavy (non-hydrogen) atoms. The van der Waals surface area contributed by atoms with E-state index in [1.807, 2.05) is 60.7 Å². The normalized spacial score (nSPS) is 17.7. The van der Waals surface area contributed by atoms with Gasteiger partial charge in [-0.2, -0.15) is 0 Å². The molecule has 3 rings (SSSR count). The number of benzene rings is 2. The quantitative estimate of drug-likeness (QED) is 0.810. The van der Waals surface area contributed by atoms with Crippen LogP contribution in [-0.4, -0.2) is 29.7 Å². The van der Waals surface area contributed by atoms with E-state index < -0.39 is 0 Å². The summed E-state index contributed by atoms with van der Waals surface area (Å²) in [6.45, 7) is 1.17. The molecule has 0 spiro atoms. The zero-order chi connectivity index (χ0) is 14.7. The van der Waals surface area contributed by atoms with Crippen molar-refractivity contribution in [2.24, 2.45) is 5.92 Å². The summed E-state index contributed by atoms with van der Waals surface area (Å²) < 4.78 is 0. The van der Waals surface area contributed by atoms with Gasteiger partial charge in [-0.25, -0.2) is 0 Å². The maximum absolute atomic E-state index is 12.4. The molecule has 1 aliphatic heterocycles. The van der Waals surface area contributed by atoms with Crippen LogP contribution in [0.4, 0.5) is 0 Å². The number of rotatable bonds is 3. The average molecular weight is 279 g/mol. The lowest BCUT2D eigenvalue weighted by Gasteiger charge is -2.16. The Bertz CT molecular complexity index is 579. The van der Waals surface area contributed by atoms with Gasteiger partial charge in [-0.15, -0.1) is 0 Å². The summed E-state index contributed by atoms with van der Waals surface area (Å²) >= 11 is 0. The number of likely N-dealkylation sites (tertiary alicyclic amines) is 1. The molecule has 1 unspecified atom stereocenters. The first-order valence-electron chi connectivity index (χ1n) is 7.19. The molecule has 0 saturated carbocycles. The molecule has 0 aromatic heterocycles. The summed E-state index contributed by atoms with van der Waals surface area (Å²) in [6.07, 6.45) is 0.742. The van der Waals surface area contributed by atoms with E-state index >= 15 is 0 Å². The Labute approximate surface area is 124 Å². The van der Waals surface area contributed by atoms with E-state index in [0.29, 0.717) is 18.7 Å². The van der Waals surface area contributed by atoms with Gasteiger partial charge in [0.15, 0.2) is 5.78 Å². The van der Waals surface area contributed by atoms with Crippen molar-refractivity contribution in [3.63, 3.8) is 0 Å². The van der Waals surface area contributed by atoms with E-state index in [-0.39, 0.29) is 17.6 Å². The van der Waals surface area contributed by atoms with Crippen molar-refractivity contribution >= 4 is 11.7 Å². The Kier molecular flexibility index (Phi) is 3.82. The van der Waals surface area contributed by atoms with E-state index in [1.54, 1.807) is 4.90 Å². The highest BCUT2D eigenvalue weighted by atomic mass is 16.2. The zero-order valence-corrected chi connectivity index (χ0v) is 11.7. The lowest BCUT2D eigenvalue weighted by atomic mass is 9.97. The number of amides is 1. The molecule has 0 N–H and O–H groups in total. The summed E-state index contributed by atoms with van der Waals surface area (Å²) in [6, 6.07) is 18.5. The Morgan fingerprint density at radius 2 is 1.43 bits per heavy atom. The Balaban J connectivity index is 1.69. The standard InChI is InChI=1S/C18H17NO2/c20-17(14-7-3-1-4-8-14)16-11-12-19(13-16)18(21)15-9-5-2-6-10-15/h1-10,16H,11-13H2. The highest BCUT2D eigenvalue weighted by Gasteiger charge is 2.31. The third kappa shape index (κ3) is 2.87. The van der Waals surface area contributed by atoms with Gasteiger partial charge in [0.25, 0.3) is 5.91 Å². The average Bonchev–Trinajstić information content (AvgIpc) is 3.05. The highest BCUT2D eigenvalue weighted by molar-refractivity contribution is 5.99. The third-order valence-electron chi connectivity index (χ3n) is 3.93. The van der Waals surface area contributed by atoms with E-state index in [1.165, 1.54) is 0 Å². The zero-order valence-electron chi connectivity index (χ0n) is 11.7. The first-order valence-corrected chi connectivity index (χ1v) is 7.19. The number of hydrogen-bond donors (Lipinski definition) is 0. The van der Waals surface area contributed by atoms with Crippen LogP contribution in [-0.2, 0) is 0 Å². The van der Waals surface area contributed by atoms with Crippen LogP contribution in [0.15, 0.2) is 60.7 Å². The first-order chi connectivity index (χ1) is 10.3. The molecule has 1 heterocycles. The van der Waals surface area contributed by atoms with Gasteiger partial charge >= 0.3 is 0 Å². The molecule has 2 aromatic rings. The molecule has 0 radical (unpaired) electrons. The van der Waals surface area contributed by atoms with Crippen LogP contribution in [0.3, 0.4) is 0 Å². The molecule has 1 saturated heterocycles. The SMILES string of the molecule is O=C(c1ccccc1)C1CCN(C(=O)c2ccccc2)C1. The minimum absolute atomic E-state index is 0.0129. The summed E-state index contributed by atoms with van der Waals surface area (Å²) in [7, 11) is 0. The Morgan fingerprint density at radius 3 is 2.05 bits per heavy atom. The maximum atomic E-state index is 12.4. The number of carbonyl (C=O) groups excluding carboxylic acids is 2. The van der Waals surface area contributed by atoms with Crippen molar-refractivity contribution in [2.45, 2.75) is 6.42 Å². The lowest BCUT2D eigenvalue weighted by Crippen LogP contribution is -2.29.